The number of nitrogens with one attached hydrogen (secondary N) is 3. The van der Waals surface area contributed by atoms with Crippen LogP contribution in [0.5, 0.6) is 0 Å². The van der Waals surface area contributed by atoms with Crippen molar-refractivity contribution in [3.63, 3.8) is 0 Å². The minimum Gasteiger partial charge on any atom is -0.352 e. The number of carbonyl (C=O) groups excluding carboxylic acids is 1. The van der Waals surface area contributed by atoms with Crippen LogP contribution in [0, 0.1) is 0 Å². The lowest BCUT2D eigenvalue weighted by Crippen LogP contribution is -2.36. The number of hydrogen-bond acceptors (Lipinski definition) is 5. The molecule has 3 N–H and O–H groups in total. The number of aromatic nitrogens is 2. The second kappa shape index (κ2) is 8.43. The minimum atomic E-state index is -3.64. The Morgan fingerprint density at radius 3 is 2.96 bits per heavy atom. The fourth-order valence-corrected chi connectivity index (χ4v) is 4.14. The molecule has 0 saturated carbocycles. The molecule has 9 heteroatoms. The normalized spacial score (nSPS) is 17.3. The van der Waals surface area contributed by atoms with Gasteiger partial charge in [0.15, 0.2) is 0 Å². The zero-order valence-electron chi connectivity index (χ0n) is 14.4. The highest BCUT2D eigenvalue weighted by Gasteiger charge is 2.23. The minimum absolute atomic E-state index is 0.105. The molecule has 0 aliphatic carbocycles. The van der Waals surface area contributed by atoms with Gasteiger partial charge in [0.2, 0.25) is 10.0 Å². The molecule has 1 amide bonds. The summed E-state index contributed by atoms with van der Waals surface area (Å²) in [6.07, 6.45) is 5.07. The van der Waals surface area contributed by atoms with Crippen LogP contribution >= 0.6 is 0 Å². The maximum Gasteiger partial charge on any atom is 0.251 e. The van der Waals surface area contributed by atoms with Crippen LogP contribution in [0.2, 0.25) is 0 Å². The number of nitrogens with zero attached hydrogens (tertiary/aromatic N) is 2. The fourth-order valence-electron chi connectivity index (χ4n) is 2.82. The fraction of sp³-hybridized carbons (Fsp3) is 0.412. The molecule has 1 atom stereocenters. The van der Waals surface area contributed by atoms with Gasteiger partial charge < -0.3 is 10.6 Å². The van der Waals surface area contributed by atoms with Crippen LogP contribution in [-0.2, 0) is 16.6 Å². The molecule has 3 rings (SSSR count). The molecule has 1 saturated heterocycles. The zero-order chi connectivity index (χ0) is 18.4. The Balaban J connectivity index is 1.56. The first-order valence-electron chi connectivity index (χ1n) is 8.63. The van der Waals surface area contributed by atoms with Gasteiger partial charge in [-0.3, -0.25) is 9.48 Å². The van der Waals surface area contributed by atoms with Crippen molar-refractivity contribution < 1.29 is 13.2 Å². The average Bonchev–Trinajstić information content (AvgIpc) is 3.32. The predicted octanol–water partition coefficient (Wildman–Crippen LogP) is 0.343. The number of sulfonamides is 1. The van der Waals surface area contributed by atoms with Crippen LogP contribution in [0.1, 0.15) is 23.2 Å². The summed E-state index contributed by atoms with van der Waals surface area (Å²) in [7, 11) is -3.64. The lowest BCUT2D eigenvalue weighted by atomic mass is 10.2. The van der Waals surface area contributed by atoms with Crippen molar-refractivity contribution in [3.05, 3.63) is 48.3 Å². The Kier molecular flexibility index (Phi) is 6.02. The van der Waals surface area contributed by atoms with E-state index in [1.54, 1.807) is 23.0 Å². The van der Waals surface area contributed by atoms with E-state index in [1.807, 2.05) is 12.3 Å². The molecule has 26 heavy (non-hydrogen) atoms. The van der Waals surface area contributed by atoms with Gasteiger partial charge in [-0.25, -0.2) is 13.1 Å². The highest BCUT2D eigenvalue weighted by Crippen LogP contribution is 2.13. The smallest absolute Gasteiger partial charge is 0.251 e. The Hall–Kier alpha value is -2.23. The van der Waals surface area contributed by atoms with E-state index in [0.29, 0.717) is 25.2 Å². The Morgan fingerprint density at radius 1 is 1.35 bits per heavy atom. The number of aryl methyl sites for hydroxylation is 1. The van der Waals surface area contributed by atoms with Gasteiger partial charge >= 0.3 is 0 Å². The lowest BCUT2D eigenvalue weighted by Gasteiger charge is -2.13. The molecule has 1 aliphatic rings. The third kappa shape index (κ3) is 4.90. The molecule has 1 aliphatic heterocycles. The van der Waals surface area contributed by atoms with E-state index in [-0.39, 0.29) is 16.8 Å². The molecule has 1 aromatic carbocycles. The molecule has 1 fully saturated rings. The van der Waals surface area contributed by atoms with Crippen molar-refractivity contribution in [2.75, 3.05) is 19.6 Å². The van der Waals surface area contributed by atoms with Crippen molar-refractivity contribution >= 4 is 15.9 Å². The van der Waals surface area contributed by atoms with Crippen LogP contribution in [-0.4, -0.2) is 49.8 Å². The van der Waals surface area contributed by atoms with Crippen molar-refractivity contribution in [3.8, 4) is 0 Å². The SMILES string of the molecule is O=C(NCCCn1cccn1)c1cccc(S(=O)(=O)NC2CCNC2)c1. The molecule has 2 heterocycles. The van der Waals surface area contributed by atoms with Crippen LogP contribution in [0.15, 0.2) is 47.6 Å². The topological polar surface area (TPSA) is 105 Å². The quantitative estimate of drug-likeness (QED) is 0.576. The van der Waals surface area contributed by atoms with Gasteiger partial charge in [-0.15, -0.1) is 0 Å². The van der Waals surface area contributed by atoms with E-state index in [4.69, 9.17) is 0 Å². The van der Waals surface area contributed by atoms with E-state index in [9.17, 15) is 13.2 Å². The molecule has 2 aromatic rings. The van der Waals surface area contributed by atoms with E-state index in [2.05, 4.69) is 20.5 Å². The van der Waals surface area contributed by atoms with Gasteiger partial charge in [-0.1, -0.05) is 6.07 Å². The molecule has 1 unspecified atom stereocenters. The third-order valence-corrected chi connectivity index (χ3v) is 5.72. The van der Waals surface area contributed by atoms with Crippen molar-refractivity contribution in [2.45, 2.75) is 30.3 Å². The lowest BCUT2D eigenvalue weighted by molar-refractivity contribution is 0.0952. The van der Waals surface area contributed by atoms with E-state index >= 15 is 0 Å². The van der Waals surface area contributed by atoms with Crippen molar-refractivity contribution in [1.82, 2.24) is 25.1 Å². The largest absolute Gasteiger partial charge is 0.352 e. The second-order valence-corrected chi connectivity index (χ2v) is 7.93. The van der Waals surface area contributed by atoms with Crippen LogP contribution in [0.4, 0.5) is 0 Å². The number of carbonyl (C=O) groups is 1. The van der Waals surface area contributed by atoms with Crippen LogP contribution < -0.4 is 15.4 Å². The molecule has 1 aromatic heterocycles. The highest BCUT2D eigenvalue weighted by molar-refractivity contribution is 7.89. The summed E-state index contributed by atoms with van der Waals surface area (Å²) >= 11 is 0. The summed E-state index contributed by atoms with van der Waals surface area (Å²) in [5.74, 6) is -0.287. The molecule has 140 valence electrons. The monoisotopic (exact) mass is 377 g/mol. The summed E-state index contributed by atoms with van der Waals surface area (Å²) in [4.78, 5) is 12.4. The van der Waals surface area contributed by atoms with Crippen molar-refractivity contribution in [2.24, 2.45) is 0 Å². The predicted molar refractivity (Wildman–Crippen MR) is 97.2 cm³/mol. The number of benzene rings is 1. The maximum absolute atomic E-state index is 12.5. The Labute approximate surface area is 153 Å². The molecule has 0 bridgehead atoms. The van der Waals surface area contributed by atoms with Crippen LogP contribution in [0.25, 0.3) is 0 Å². The standard InChI is InChI=1S/C17H23N5O3S/c23-17(19-7-2-10-22-11-3-8-20-22)14-4-1-5-16(12-14)26(24,25)21-15-6-9-18-13-15/h1,3-5,8,11-12,15,18,21H,2,6-7,9-10,13H2,(H,19,23). The molecular weight excluding hydrogens is 354 g/mol. The van der Waals surface area contributed by atoms with Gasteiger partial charge in [0.25, 0.3) is 5.91 Å². The summed E-state index contributed by atoms with van der Waals surface area (Å²) in [5.41, 5.74) is 0.330. The van der Waals surface area contributed by atoms with E-state index in [0.717, 1.165) is 19.4 Å². The van der Waals surface area contributed by atoms with Crippen molar-refractivity contribution in [1.29, 1.82) is 0 Å². The molecule has 0 radical (unpaired) electrons. The Morgan fingerprint density at radius 2 is 2.23 bits per heavy atom. The van der Waals surface area contributed by atoms with Gasteiger partial charge in [-0.05, 0) is 43.7 Å². The highest BCUT2D eigenvalue weighted by atomic mass is 32.2. The first kappa shape index (κ1) is 18.6. The summed E-state index contributed by atoms with van der Waals surface area (Å²) in [6.45, 7) is 2.62. The summed E-state index contributed by atoms with van der Waals surface area (Å²) in [6, 6.07) is 7.84. The molecule has 8 nitrogen and oxygen atoms in total. The Bertz CT molecular complexity index is 830. The maximum atomic E-state index is 12.5. The van der Waals surface area contributed by atoms with Gasteiger partial charge in [0, 0.05) is 43.6 Å². The first-order valence-corrected chi connectivity index (χ1v) is 10.1. The third-order valence-electron chi connectivity index (χ3n) is 4.20. The number of rotatable bonds is 8. The number of hydrogen-bond donors (Lipinski definition) is 3. The first-order chi connectivity index (χ1) is 12.5. The van der Waals surface area contributed by atoms with E-state index in [1.165, 1.54) is 12.1 Å². The zero-order valence-corrected chi connectivity index (χ0v) is 15.2. The van der Waals surface area contributed by atoms with Gasteiger partial charge in [0.05, 0.1) is 4.90 Å². The average molecular weight is 377 g/mol. The number of amides is 1. The second-order valence-electron chi connectivity index (χ2n) is 6.22. The summed E-state index contributed by atoms with van der Waals surface area (Å²) in [5, 5.41) is 10.0. The van der Waals surface area contributed by atoms with E-state index < -0.39 is 10.0 Å². The molecule has 0 spiro atoms. The van der Waals surface area contributed by atoms with Gasteiger partial charge in [0.1, 0.15) is 0 Å². The summed E-state index contributed by atoms with van der Waals surface area (Å²) < 4.78 is 29.4. The molecular formula is C17H23N5O3S. The van der Waals surface area contributed by atoms with Crippen LogP contribution in [0.3, 0.4) is 0 Å². The van der Waals surface area contributed by atoms with Gasteiger partial charge in [-0.2, -0.15) is 5.10 Å².